The van der Waals surface area contributed by atoms with Crippen LogP contribution in [0.3, 0.4) is 0 Å². The Morgan fingerprint density at radius 2 is 1.79 bits per heavy atom. The first-order chi connectivity index (χ1) is 11.5. The summed E-state index contributed by atoms with van der Waals surface area (Å²) in [7, 11) is 0. The fraction of sp³-hybridized carbons (Fsp3) is 0.579. The van der Waals surface area contributed by atoms with Crippen molar-refractivity contribution in [3.63, 3.8) is 0 Å². The van der Waals surface area contributed by atoms with E-state index in [-0.39, 0.29) is 17.7 Å². The highest BCUT2D eigenvalue weighted by Gasteiger charge is 2.23. The zero-order valence-electron chi connectivity index (χ0n) is 14.7. The standard InChI is InChI=1S/C19H27N3O2/c1-14(2)19(24)22-10-8-21(9-11-22)13-18(23)20-17-7-6-15-4-3-5-16(15)12-17/h6-7,12,14H,3-5,8-11,13H2,1-2H3,(H,20,23). The lowest BCUT2D eigenvalue weighted by Crippen LogP contribution is -2.51. The molecule has 0 saturated carbocycles. The number of piperazine rings is 1. The van der Waals surface area contributed by atoms with Crippen molar-refractivity contribution in [3.8, 4) is 0 Å². The maximum absolute atomic E-state index is 12.3. The van der Waals surface area contributed by atoms with Crippen LogP contribution in [0, 0.1) is 5.92 Å². The van der Waals surface area contributed by atoms with Gasteiger partial charge in [0.25, 0.3) is 0 Å². The van der Waals surface area contributed by atoms with Gasteiger partial charge in [-0.1, -0.05) is 19.9 Å². The van der Waals surface area contributed by atoms with Crippen LogP contribution in [0.15, 0.2) is 18.2 Å². The van der Waals surface area contributed by atoms with Gasteiger partial charge in [-0.2, -0.15) is 0 Å². The molecule has 1 fully saturated rings. The van der Waals surface area contributed by atoms with E-state index in [4.69, 9.17) is 0 Å². The van der Waals surface area contributed by atoms with Crippen LogP contribution >= 0.6 is 0 Å². The quantitative estimate of drug-likeness (QED) is 0.918. The number of aryl methyl sites for hydroxylation is 2. The lowest BCUT2D eigenvalue weighted by atomic mass is 10.1. The topological polar surface area (TPSA) is 52.7 Å². The van der Waals surface area contributed by atoms with Gasteiger partial charge in [0.05, 0.1) is 6.54 Å². The third-order valence-corrected chi connectivity index (χ3v) is 4.93. The molecular weight excluding hydrogens is 302 g/mol. The molecule has 0 spiro atoms. The Labute approximate surface area is 144 Å². The first kappa shape index (κ1) is 17.0. The molecule has 1 saturated heterocycles. The van der Waals surface area contributed by atoms with E-state index in [0.29, 0.717) is 19.6 Å². The summed E-state index contributed by atoms with van der Waals surface area (Å²) in [4.78, 5) is 28.3. The molecule has 2 aliphatic rings. The molecule has 2 amide bonds. The van der Waals surface area contributed by atoms with Crippen LogP contribution in [0.1, 0.15) is 31.4 Å². The van der Waals surface area contributed by atoms with Crippen LogP contribution in [0.2, 0.25) is 0 Å². The summed E-state index contributed by atoms with van der Waals surface area (Å²) in [5, 5.41) is 3.01. The predicted molar refractivity (Wildman–Crippen MR) is 95.0 cm³/mol. The maximum atomic E-state index is 12.3. The van der Waals surface area contributed by atoms with Crippen LogP contribution < -0.4 is 5.32 Å². The van der Waals surface area contributed by atoms with Gasteiger partial charge in [-0.25, -0.2) is 0 Å². The fourth-order valence-corrected chi connectivity index (χ4v) is 3.54. The minimum Gasteiger partial charge on any atom is -0.340 e. The molecule has 0 radical (unpaired) electrons. The number of hydrogen-bond acceptors (Lipinski definition) is 3. The van der Waals surface area contributed by atoms with Gasteiger partial charge in [-0.05, 0) is 42.5 Å². The average molecular weight is 329 g/mol. The molecular formula is C19H27N3O2. The van der Waals surface area contributed by atoms with Gasteiger partial charge in [0.15, 0.2) is 0 Å². The second-order valence-electron chi connectivity index (χ2n) is 7.14. The number of nitrogens with one attached hydrogen (secondary N) is 1. The Morgan fingerprint density at radius 3 is 2.50 bits per heavy atom. The molecule has 1 aliphatic heterocycles. The Kier molecular flexibility index (Phi) is 5.19. The molecule has 0 atom stereocenters. The second kappa shape index (κ2) is 7.34. The van der Waals surface area contributed by atoms with E-state index in [0.717, 1.165) is 31.6 Å². The maximum Gasteiger partial charge on any atom is 0.238 e. The molecule has 0 bridgehead atoms. The van der Waals surface area contributed by atoms with E-state index < -0.39 is 0 Å². The fourth-order valence-electron chi connectivity index (χ4n) is 3.54. The van der Waals surface area contributed by atoms with Crippen molar-refractivity contribution in [2.24, 2.45) is 5.92 Å². The van der Waals surface area contributed by atoms with Crippen molar-refractivity contribution in [3.05, 3.63) is 29.3 Å². The first-order valence-corrected chi connectivity index (χ1v) is 8.96. The van der Waals surface area contributed by atoms with E-state index in [1.165, 1.54) is 17.5 Å². The van der Waals surface area contributed by atoms with Crippen LogP contribution in [0.4, 0.5) is 5.69 Å². The van der Waals surface area contributed by atoms with Crippen molar-refractivity contribution in [2.45, 2.75) is 33.1 Å². The summed E-state index contributed by atoms with van der Waals surface area (Å²) < 4.78 is 0. The van der Waals surface area contributed by atoms with Gasteiger partial charge in [-0.15, -0.1) is 0 Å². The summed E-state index contributed by atoms with van der Waals surface area (Å²) in [6.45, 7) is 7.19. The molecule has 1 heterocycles. The van der Waals surface area contributed by atoms with Crippen LogP contribution in [-0.4, -0.2) is 54.3 Å². The molecule has 130 valence electrons. The van der Waals surface area contributed by atoms with E-state index in [2.05, 4.69) is 22.3 Å². The van der Waals surface area contributed by atoms with Crippen molar-refractivity contribution < 1.29 is 9.59 Å². The van der Waals surface area contributed by atoms with Crippen LogP contribution in [0.25, 0.3) is 0 Å². The summed E-state index contributed by atoms with van der Waals surface area (Å²) in [5.74, 6) is 0.272. The molecule has 5 heteroatoms. The number of fused-ring (bicyclic) bond motifs is 1. The third-order valence-electron chi connectivity index (χ3n) is 4.93. The highest BCUT2D eigenvalue weighted by atomic mass is 16.2. The van der Waals surface area contributed by atoms with Crippen molar-refractivity contribution >= 4 is 17.5 Å². The summed E-state index contributed by atoms with van der Waals surface area (Å²) >= 11 is 0. The molecule has 3 rings (SSSR count). The summed E-state index contributed by atoms with van der Waals surface area (Å²) in [5.41, 5.74) is 3.68. The number of rotatable bonds is 4. The average Bonchev–Trinajstić information content (AvgIpc) is 3.02. The Hall–Kier alpha value is -1.88. The Morgan fingerprint density at radius 1 is 1.08 bits per heavy atom. The van der Waals surface area contributed by atoms with E-state index in [9.17, 15) is 9.59 Å². The van der Waals surface area contributed by atoms with E-state index >= 15 is 0 Å². The lowest BCUT2D eigenvalue weighted by molar-refractivity contribution is -0.136. The zero-order chi connectivity index (χ0) is 17.1. The van der Waals surface area contributed by atoms with Crippen LogP contribution in [0.5, 0.6) is 0 Å². The summed E-state index contributed by atoms with van der Waals surface area (Å²) in [6.07, 6.45) is 3.49. The smallest absolute Gasteiger partial charge is 0.238 e. The number of anilines is 1. The van der Waals surface area contributed by atoms with Gasteiger partial charge >= 0.3 is 0 Å². The number of amides is 2. The molecule has 1 aliphatic carbocycles. The second-order valence-corrected chi connectivity index (χ2v) is 7.14. The summed E-state index contributed by atoms with van der Waals surface area (Å²) in [6, 6.07) is 6.25. The number of hydrogen-bond donors (Lipinski definition) is 1. The number of carbonyl (C=O) groups is 2. The molecule has 0 aromatic heterocycles. The highest BCUT2D eigenvalue weighted by Crippen LogP contribution is 2.24. The molecule has 1 N–H and O–H groups in total. The third kappa shape index (κ3) is 3.96. The van der Waals surface area contributed by atoms with Crippen molar-refractivity contribution in [2.75, 3.05) is 38.0 Å². The molecule has 5 nitrogen and oxygen atoms in total. The van der Waals surface area contributed by atoms with Crippen LogP contribution in [-0.2, 0) is 22.4 Å². The van der Waals surface area contributed by atoms with E-state index in [1.54, 1.807) is 0 Å². The molecule has 0 unspecified atom stereocenters. The lowest BCUT2D eigenvalue weighted by Gasteiger charge is -2.35. The van der Waals surface area contributed by atoms with E-state index in [1.807, 2.05) is 24.8 Å². The largest absolute Gasteiger partial charge is 0.340 e. The minimum absolute atomic E-state index is 0.0246. The number of carbonyl (C=O) groups excluding carboxylic acids is 2. The minimum atomic E-state index is 0.0246. The Bertz CT molecular complexity index is 619. The highest BCUT2D eigenvalue weighted by molar-refractivity contribution is 5.92. The van der Waals surface area contributed by atoms with Crippen molar-refractivity contribution in [1.29, 1.82) is 0 Å². The molecule has 1 aromatic rings. The van der Waals surface area contributed by atoms with Gasteiger partial charge < -0.3 is 10.2 Å². The normalized spacial score (nSPS) is 17.9. The Balaban J connectivity index is 1.47. The number of nitrogens with zero attached hydrogens (tertiary/aromatic N) is 2. The van der Waals surface area contributed by atoms with Gasteiger partial charge in [0.1, 0.15) is 0 Å². The van der Waals surface area contributed by atoms with Gasteiger partial charge in [0.2, 0.25) is 11.8 Å². The first-order valence-electron chi connectivity index (χ1n) is 8.96. The predicted octanol–water partition coefficient (Wildman–Crippen LogP) is 1.91. The molecule has 1 aromatic carbocycles. The van der Waals surface area contributed by atoms with Gasteiger partial charge in [0, 0.05) is 37.8 Å². The monoisotopic (exact) mass is 329 g/mol. The number of benzene rings is 1. The zero-order valence-corrected chi connectivity index (χ0v) is 14.7. The molecule has 24 heavy (non-hydrogen) atoms. The van der Waals surface area contributed by atoms with Gasteiger partial charge in [-0.3, -0.25) is 14.5 Å². The SMILES string of the molecule is CC(C)C(=O)N1CCN(CC(=O)Nc2ccc3c(c2)CCC3)CC1. The van der Waals surface area contributed by atoms with Crippen molar-refractivity contribution in [1.82, 2.24) is 9.80 Å².